The number of aromatic nitrogens is 2. The lowest BCUT2D eigenvalue weighted by Gasteiger charge is -2.27. The van der Waals surface area contributed by atoms with Crippen LogP contribution >= 0.6 is 11.3 Å². The fraction of sp³-hybridized carbons (Fsp3) is 0.286. The molecule has 2 aromatic heterocycles. The van der Waals surface area contributed by atoms with Crippen LogP contribution in [0.3, 0.4) is 0 Å². The summed E-state index contributed by atoms with van der Waals surface area (Å²) in [5, 5.41) is 4.27. The Labute approximate surface area is 176 Å². The van der Waals surface area contributed by atoms with Crippen molar-refractivity contribution in [3.63, 3.8) is 0 Å². The predicted molar refractivity (Wildman–Crippen MR) is 111 cm³/mol. The van der Waals surface area contributed by atoms with E-state index < -0.39 is 17.5 Å². The number of nitrogens with two attached hydrogens (primary N) is 1. The van der Waals surface area contributed by atoms with E-state index in [-0.39, 0.29) is 28.4 Å². The van der Waals surface area contributed by atoms with Crippen molar-refractivity contribution in [1.82, 2.24) is 9.97 Å². The fourth-order valence-electron chi connectivity index (χ4n) is 3.35. The second-order valence-corrected chi connectivity index (χ2v) is 7.97. The highest BCUT2D eigenvalue weighted by Gasteiger charge is 2.22. The first-order valence-corrected chi connectivity index (χ1v) is 10.5. The molecule has 4 rings (SSSR count). The number of nitrogens with one attached hydrogen (secondary N) is 1. The number of hydrogen-bond acceptors (Lipinski definition) is 6. The normalized spacial score (nSPS) is 18.8. The van der Waals surface area contributed by atoms with E-state index in [0.29, 0.717) is 11.4 Å². The van der Waals surface area contributed by atoms with Crippen LogP contribution in [0.25, 0.3) is 10.6 Å². The molecule has 3 aromatic rings. The summed E-state index contributed by atoms with van der Waals surface area (Å²) in [6, 6.07) is 5.47. The Kier molecular flexibility index (Phi) is 6.01. The lowest BCUT2D eigenvalue weighted by atomic mass is 9.94. The van der Waals surface area contributed by atoms with E-state index in [9.17, 15) is 13.6 Å². The smallest absolute Gasteiger partial charge is 0.275 e. The number of thiazole rings is 1. The molecule has 0 atom stereocenters. The molecule has 0 unspecified atom stereocenters. The average Bonchev–Trinajstić information content (AvgIpc) is 3.21. The summed E-state index contributed by atoms with van der Waals surface area (Å²) in [7, 11) is 0. The SMILES string of the molecule is NC1CCC(Oc2ccncc2NC(=O)c2csc(-c3c(F)cccc3F)n2)CC1. The highest BCUT2D eigenvalue weighted by molar-refractivity contribution is 7.13. The molecule has 0 spiro atoms. The first-order valence-electron chi connectivity index (χ1n) is 9.59. The van der Waals surface area contributed by atoms with E-state index in [0.717, 1.165) is 49.2 Å². The first-order chi connectivity index (χ1) is 14.5. The zero-order valence-corrected chi connectivity index (χ0v) is 16.8. The fourth-order valence-corrected chi connectivity index (χ4v) is 4.19. The largest absolute Gasteiger partial charge is 0.488 e. The van der Waals surface area contributed by atoms with Crippen molar-refractivity contribution in [3.8, 4) is 16.3 Å². The van der Waals surface area contributed by atoms with Crippen molar-refractivity contribution in [2.75, 3.05) is 5.32 Å². The van der Waals surface area contributed by atoms with Crippen LogP contribution in [0.5, 0.6) is 5.75 Å². The number of benzene rings is 1. The van der Waals surface area contributed by atoms with E-state index in [1.54, 1.807) is 12.3 Å². The Morgan fingerprint density at radius 3 is 2.63 bits per heavy atom. The molecular weight excluding hydrogens is 410 g/mol. The van der Waals surface area contributed by atoms with E-state index in [4.69, 9.17) is 10.5 Å². The number of ether oxygens (including phenoxy) is 1. The maximum absolute atomic E-state index is 14.0. The van der Waals surface area contributed by atoms with E-state index >= 15 is 0 Å². The van der Waals surface area contributed by atoms with E-state index in [2.05, 4.69) is 15.3 Å². The molecule has 0 bridgehead atoms. The Balaban J connectivity index is 1.49. The van der Waals surface area contributed by atoms with Gasteiger partial charge in [-0.3, -0.25) is 9.78 Å². The van der Waals surface area contributed by atoms with Crippen LogP contribution in [0, 0.1) is 11.6 Å². The molecule has 30 heavy (non-hydrogen) atoms. The van der Waals surface area contributed by atoms with Crippen molar-refractivity contribution < 1.29 is 18.3 Å². The quantitative estimate of drug-likeness (QED) is 0.627. The van der Waals surface area contributed by atoms with Gasteiger partial charge in [0.2, 0.25) is 0 Å². The second kappa shape index (κ2) is 8.85. The number of rotatable bonds is 5. The van der Waals surface area contributed by atoms with Gasteiger partial charge in [-0.25, -0.2) is 13.8 Å². The predicted octanol–water partition coefficient (Wildman–Crippen LogP) is 4.38. The van der Waals surface area contributed by atoms with Crippen LogP contribution in [0.15, 0.2) is 42.0 Å². The van der Waals surface area contributed by atoms with Gasteiger partial charge >= 0.3 is 0 Å². The molecule has 6 nitrogen and oxygen atoms in total. The molecule has 2 heterocycles. The monoisotopic (exact) mass is 430 g/mol. The lowest BCUT2D eigenvalue weighted by molar-refractivity contribution is 0.102. The summed E-state index contributed by atoms with van der Waals surface area (Å²) in [5.74, 6) is -1.47. The molecule has 156 valence electrons. The molecule has 3 N–H and O–H groups in total. The van der Waals surface area contributed by atoms with Crippen LogP contribution in [0.2, 0.25) is 0 Å². The minimum Gasteiger partial charge on any atom is -0.488 e. The number of halogens is 2. The third-order valence-corrected chi connectivity index (χ3v) is 5.82. The van der Waals surface area contributed by atoms with Crippen molar-refractivity contribution in [3.05, 3.63) is 59.4 Å². The Bertz CT molecular complexity index is 1030. The zero-order chi connectivity index (χ0) is 21.1. The van der Waals surface area contributed by atoms with Crippen LogP contribution in [0.4, 0.5) is 14.5 Å². The topological polar surface area (TPSA) is 90.1 Å². The van der Waals surface area contributed by atoms with Gasteiger partial charge in [-0.2, -0.15) is 0 Å². The van der Waals surface area contributed by atoms with Crippen LogP contribution in [0.1, 0.15) is 36.2 Å². The van der Waals surface area contributed by atoms with Crippen molar-refractivity contribution in [2.24, 2.45) is 5.73 Å². The number of pyridine rings is 1. The molecule has 1 fully saturated rings. The summed E-state index contributed by atoms with van der Waals surface area (Å²) in [6.45, 7) is 0. The highest BCUT2D eigenvalue weighted by Crippen LogP contribution is 2.31. The van der Waals surface area contributed by atoms with Gasteiger partial charge in [0.25, 0.3) is 5.91 Å². The molecule has 1 aliphatic carbocycles. The van der Waals surface area contributed by atoms with Crippen LogP contribution in [-0.4, -0.2) is 28.0 Å². The van der Waals surface area contributed by atoms with Gasteiger partial charge in [-0.05, 0) is 37.8 Å². The van der Waals surface area contributed by atoms with Crippen LogP contribution < -0.4 is 15.8 Å². The second-order valence-electron chi connectivity index (χ2n) is 7.12. The molecule has 1 amide bonds. The molecule has 1 aromatic carbocycles. The van der Waals surface area contributed by atoms with Gasteiger partial charge in [0.1, 0.15) is 33.8 Å². The molecule has 1 saturated carbocycles. The van der Waals surface area contributed by atoms with Gasteiger partial charge in [-0.15, -0.1) is 11.3 Å². The Hall–Kier alpha value is -2.91. The third-order valence-electron chi connectivity index (χ3n) is 4.96. The van der Waals surface area contributed by atoms with Gasteiger partial charge < -0.3 is 15.8 Å². The summed E-state index contributed by atoms with van der Waals surface area (Å²) in [5.41, 5.74) is 6.15. The summed E-state index contributed by atoms with van der Waals surface area (Å²) < 4.78 is 34.0. The zero-order valence-electron chi connectivity index (χ0n) is 16.0. The summed E-state index contributed by atoms with van der Waals surface area (Å²) >= 11 is 0.992. The molecule has 0 saturated heterocycles. The van der Waals surface area contributed by atoms with Crippen molar-refractivity contribution >= 4 is 22.9 Å². The number of amides is 1. The minimum absolute atomic E-state index is 0.0257. The van der Waals surface area contributed by atoms with Gasteiger partial charge in [0, 0.05) is 23.7 Å². The Morgan fingerprint density at radius 1 is 1.17 bits per heavy atom. The van der Waals surface area contributed by atoms with Crippen LogP contribution in [-0.2, 0) is 0 Å². The highest BCUT2D eigenvalue weighted by atomic mass is 32.1. The molecule has 9 heteroatoms. The summed E-state index contributed by atoms with van der Waals surface area (Å²) in [6.07, 6.45) is 6.59. The van der Waals surface area contributed by atoms with E-state index in [1.807, 2.05) is 0 Å². The number of anilines is 1. The van der Waals surface area contributed by atoms with Gasteiger partial charge in [-0.1, -0.05) is 6.07 Å². The molecule has 0 aliphatic heterocycles. The first kappa shape index (κ1) is 20.4. The third kappa shape index (κ3) is 4.47. The van der Waals surface area contributed by atoms with Gasteiger partial charge in [0.05, 0.1) is 17.9 Å². The molecular formula is C21H20F2N4O2S. The number of carbonyl (C=O) groups is 1. The molecule has 1 aliphatic rings. The number of nitrogens with zero attached hydrogens (tertiary/aromatic N) is 2. The average molecular weight is 430 g/mol. The van der Waals surface area contributed by atoms with Crippen molar-refractivity contribution in [2.45, 2.75) is 37.8 Å². The summed E-state index contributed by atoms with van der Waals surface area (Å²) in [4.78, 5) is 20.8. The van der Waals surface area contributed by atoms with Crippen molar-refractivity contribution in [1.29, 1.82) is 0 Å². The van der Waals surface area contributed by atoms with E-state index in [1.165, 1.54) is 17.6 Å². The molecule has 0 radical (unpaired) electrons. The Morgan fingerprint density at radius 2 is 1.90 bits per heavy atom. The maximum Gasteiger partial charge on any atom is 0.275 e. The number of hydrogen-bond donors (Lipinski definition) is 2. The van der Waals surface area contributed by atoms with Gasteiger partial charge in [0.15, 0.2) is 0 Å². The number of carbonyl (C=O) groups excluding carboxylic acids is 1. The lowest BCUT2D eigenvalue weighted by Crippen LogP contribution is -2.31. The standard InChI is InChI=1S/C21H20F2N4O2S/c22-14-2-1-3-15(23)19(14)21-27-17(11-30-21)20(28)26-16-10-25-9-8-18(16)29-13-6-4-12(24)5-7-13/h1-3,8-13H,4-7,24H2,(H,26,28). The maximum atomic E-state index is 14.0. The minimum atomic E-state index is -0.730.